The molecule has 2 aromatic carbocycles. The largest absolute Gasteiger partial charge is 0.418 e. The van der Waals surface area contributed by atoms with Gasteiger partial charge in [0.25, 0.3) is 0 Å². The molecule has 2 heterocycles. The molecule has 2 aliphatic heterocycles. The maximum Gasteiger partial charge on any atom is 0.418 e. The number of nitrogens with two attached hydrogens (primary N) is 1. The Morgan fingerprint density at radius 2 is 1.64 bits per heavy atom. The van der Waals surface area contributed by atoms with Crippen molar-refractivity contribution in [2.24, 2.45) is 11.8 Å². The van der Waals surface area contributed by atoms with Crippen LogP contribution in [0.3, 0.4) is 0 Å². The van der Waals surface area contributed by atoms with Crippen molar-refractivity contribution in [3.63, 3.8) is 0 Å². The van der Waals surface area contributed by atoms with Gasteiger partial charge in [-0.15, -0.1) is 0 Å². The number of fused-ring (bicyclic) bond motifs is 1. The summed E-state index contributed by atoms with van der Waals surface area (Å²) >= 11 is 0. The van der Waals surface area contributed by atoms with E-state index in [-0.39, 0.29) is 30.3 Å². The third-order valence-corrected chi connectivity index (χ3v) is 7.81. The van der Waals surface area contributed by atoms with Gasteiger partial charge in [-0.3, -0.25) is 4.79 Å². The third-order valence-electron chi connectivity index (χ3n) is 7.81. The molecule has 1 aliphatic carbocycles. The summed E-state index contributed by atoms with van der Waals surface area (Å²) in [5, 5.41) is 3.20. The average Bonchev–Trinajstić information content (AvgIpc) is 3.44. The second-order valence-electron chi connectivity index (χ2n) is 10.3. The molecule has 3 N–H and O–H groups in total. The Balaban J connectivity index is 1.03. The lowest BCUT2D eigenvalue weighted by atomic mass is 9.92. The van der Waals surface area contributed by atoms with E-state index in [9.17, 15) is 18.0 Å². The molecule has 9 heteroatoms. The van der Waals surface area contributed by atoms with Crippen LogP contribution in [0.2, 0.25) is 0 Å². The highest BCUT2D eigenvalue weighted by molar-refractivity contribution is 5.78. The van der Waals surface area contributed by atoms with E-state index in [1.807, 2.05) is 11.0 Å². The van der Waals surface area contributed by atoms with Crippen LogP contribution in [-0.4, -0.2) is 55.7 Å². The lowest BCUT2D eigenvalue weighted by Crippen LogP contribution is -2.37. The standard InChI is InChI=1S/C27H33F3N4O2/c28-27(29,30)24-12-21(8-11-25(24)31)32-20-6-9-23(10-7-20)36-17-26(35)34-15-18-13-33(14-19(18)16-34)22-4-2-1-3-5-22/h1-5,8,11-12,18-20,23,32H,6-7,9-10,13-17,31H2. The number of halogens is 3. The first-order chi connectivity index (χ1) is 17.3. The molecule has 5 rings (SSSR count). The first kappa shape index (κ1) is 24.7. The molecule has 0 bridgehead atoms. The number of para-hydroxylation sites is 1. The van der Waals surface area contributed by atoms with Crippen LogP contribution < -0.4 is 16.0 Å². The Bertz CT molecular complexity index is 1040. The number of hydrogen-bond acceptors (Lipinski definition) is 5. The normalized spacial score (nSPS) is 26.2. The number of benzene rings is 2. The molecule has 0 radical (unpaired) electrons. The summed E-state index contributed by atoms with van der Waals surface area (Å²) < 4.78 is 45.3. The molecule has 2 unspecified atom stereocenters. The predicted octanol–water partition coefficient (Wildman–Crippen LogP) is 4.62. The molecule has 0 spiro atoms. The van der Waals surface area contributed by atoms with Crippen LogP contribution in [0.1, 0.15) is 31.2 Å². The van der Waals surface area contributed by atoms with Crippen molar-refractivity contribution < 1.29 is 22.7 Å². The number of carbonyl (C=O) groups is 1. The average molecular weight is 503 g/mol. The molecular weight excluding hydrogens is 469 g/mol. The van der Waals surface area contributed by atoms with Gasteiger partial charge in [0.05, 0.1) is 11.7 Å². The van der Waals surface area contributed by atoms with Gasteiger partial charge in [0.1, 0.15) is 6.61 Å². The van der Waals surface area contributed by atoms with Gasteiger partial charge >= 0.3 is 6.18 Å². The van der Waals surface area contributed by atoms with Gasteiger partial charge in [-0.1, -0.05) is 18.2 Å². The first-order valence-electron chi connectivity index (χ1n) is 12.7. The second-order valence-corrected chi connectivity index (χ2v) is 10.3. The minimum Gasteiger partial charge on any atom is -0.398 e. The number of anilines is 3. The number of hydrogen-bond donors (Lipinski definition) is 2. The Labute approximate surface area is 209 Å². The van der Waals surface area contributed by atoms with E-state index in [1.165, 1.54) is 11.8 Å². The smallest absolute Gasteiger partial charge is 0.398 e. The summed E-state index contributed by atoms with van der Waals surface area (Å²) in [5.41, 5.74) is 6.06. The number of amides is 1. The Hall–Kier alpha value is -2.94. The van der Waals surface area contributed by atoms with Gasteiger partial charge in [-0.05, 0) is 56.0 Å². The fourth-order valence-electron chi connectivity index (χ4n) is 5.83. The molecular formula is C27H33F3N4O2. The Morgan fingerprint density at radius 1 is 0.972 bits per heavy atom. The van der Waals surface area contributed by atoms with Gasteiger partial charge in [0, 0.05) is 61.1 Å². The van der Waals surface area contributed by atoms with Crippen LogP contribution in [0, 0.1) is 11.8 Å². The molecule has 3 aliphatic rings. The Morgan fingerprint density at radius 3 is 2.28 bits per heavy atom. The summed E-state index contributed by atoms with van der Waals surface area (Å²) in [7, 11) is 0. The fourth-order valence-corrected chi connectivity index (χ4v) is 5.83. The second kappa shape index (κ2) is 10.2. The minimum absolute atomic E-state index is 0.000158. The fraction of sp³-hybridized carbons (Fsp3) is 0.519. The molecule has 2 saturated heterocycles. The summed E-state index contributed by atoms with van der Waals surface area (Å²) in [4.78, 5) is 17.1. The van der Waals surface area contributed by atoms with Crippen molar-refractivity contribution in [1.29, 1.82) is 0 Å². The van der Waals surface area contributed by atoms with Gasteiger partial charge in [-0.2, -0.15) is 13.2 Å². The quantitative estimate of drug-likeness (QED) is 0.564. The molecule has 2 aromatic rings. The number of likely N-dealkylation sites (tertiary alicyclic amines) is 1. The van der Waals surface area contributed by atoms with Gasteiger partial charge in [0.2, 0.25) is 5.91 Å². The highest BCUT2D eigenvalue weighted by atomic mass is 19.4. The number of nitrogens with zero attached hydrogens (tertiary/aromatic N) is 2. The van der Waals surface area contributed by atoms with Crippen LogP contribution in [0.4, 0.5) is 30.2 Å². The van der Waals surface area contributed by atoms with Gasteiger partial charge < -0.3 is 25.6 Å². The lowest BCUT2D eigenvalue weighted by molar-refractivity contribution is -0.138. The zero-order valence-electron chi connectivity index (χ0n) is 20.2. The minimum atomic E-state index is -4.48. The summed E-state index contributed by atoms with van der Waals surface area (Å²) in [6, 6.07) is 14.4. The van der Waals surface area contributed by atoms with Crippen molar-refractivity contribution in [2.45, 2.75) is 44.0 Å². The molecule has 6 nitrogen and oxygen atoms in total. The molecule has 36 heavy (non-hydrogen) atoms. The highest BCUT2D eigenvalue weighted by Crippen LogP contribution is 2.36. The summed E-state index contributed by atoms with van der Waals surface area (Å²) in [6.07, 6.45) is -1.40. The summed E-state index contributed by atoms with van der Waals surface area (Å²) in [6.45, 7) is 3.63. The molecule has 1 amide bonds. The van der Waals surface area contributed by atoms with E-state index < -0.39 is 11.7 Å². The maximum atomic E-state index is 13.1. The monoisotopic (exact) mass is 502 g/mol. The van der Waals surface area contributed by atoms with Crippen LogP contribution >= 0.6 is 0 Å². The van der Waals surface area contributed by atoms with E-state index in [0.29, 0.717) is 17.5 Å². The van der Waals surface area contributed by atoms with Crippen LogP contribution in [-0.2, 0) is 15.7 Å². The van der Waals surface area contributed by atoms with Gasteiger partial charge in [-0.25, -0.2) is 0 Å². The van der Waals surface area contributed by atoms with Crippen molar-refractivity contribution in [1.82, 2.24) is 4.90 Å². The number of nitrogen functional groups attached to an aromatic ring is 1. The number of rotatable bonds is 6. The molecule has 3 fully saturated rings. The van der Waals surface area contributed by atoms with E-state index in [4.69, 9.17) is 10.5 Å². The molecule has 194 valence electrons. The highest BCUT2D eigenvalue weighted by Gasteiger charge is 2.41. The first-order valence-corrected chi connectivity index (χ1v) is 12.7. The maximum absolute atomic E-state index is 13.1. The predicted molar refractivity (Wildman–Crippen MR) is 134 cm³/mol. The number of ether oxygens (including phenoxy) is 1. The molecule has 0 aromatic heterocycles. The SMILES string of the molecule is Nc1ccc(NC2CCC(OCC(=O)N3CC4CN(c5ccccc5)CC4C3)CC2)cc1C(F)(F)F. The Kier molecular flexibility index (Phi) is 7.01. The van der Waals surface area contributed by atoms with Crippen molar-refractivity contribution in [2.75, 3.05) is 48.7 Å². The van der Waals surface area contributed by atoms with Crippen LogP contribution in [0.5, 0.6) is 0 Å². The van der Waals surface area contributed by atoms with E-state index in [2.05, 4.69) is 34.5 Å². The number of carbonyl (C=O) groups excluding carboxylic acids is 1. The van der Waals surface area contributed by atoms with Crippen molar-refractivity contribution in [3.05, 3.63) is 54.1 Å². The third kappa shape index (κ3) is 5.56. The van der Waals surface area contributed by atoms with Gasteiger partial charge in [0.15, 0.2) is 0 Å². The van der Waals surface area contributed by atoms with E-state index in [0.717, 1.165) is 57.9 Å². The summed E-state index contributed by atoms with van der Waals surface area (Å²) in [5.74, 6) is 1.06. The van der Waals surface area contributed by atoms with E-state index in [1.54, 1.807) is 6.07 Å². The number of alkyl halides is 3. The zero-order valence-corrected chi connectivity index (χ0v) is 20.2. The van der Waals surface area contributed by atoms with E-state index >= 15 is 0 Å². The van der Waals surface area contributed by atoms with Crippen molar-refractivity contribution in [3.8, 4) is 0 Å². The van der Waals surface area contributed by atoms with Crippen LogP contribution in [0.15, 0.2) is 48.5 Å². The van der Waals surface area contributed by atoms with Crippen LogP contribution in [0.25, 0.3) is 0 Å². The lowest BCUT2D eigenvalue weighted by Gasteiger charge is -2.30. The molecule has 1 saturated carbocycles. The molecule has 2 atom stereocenters. The number of nitrogens with one attached hydrogen (secondary N) is 1. The van der Waals surface area contributed by atoms with Crippen molar-refractivity contribution >= 4 is 23.0 Å². The zero-order chi connectivity index (χ0) is 25.3. The topological polar surface area (TPSA) is 70.8 Å².